The number of fused-ring (bicyclic) bond motifs is 1. The van der Waals surface area contributed by atoms with Gasteiger partial charge in [-0.1, -0.05) is 19.8 Å². The molecule has 140 valence electrons. The first-order valence-electron chi connectivity index (χ1n) is 8.66. The minimum Gasteiger partial charge on any atom is -0.478 e. The van der Waals surface area contributed by atoms with Crippen molar-refractivity contribution in [1.29, 1.82) is 0 Å². The molecule has 1 saturated heterocycles. The monoisotopic (exact) mass is 394 g/mol. The Morgan fingerprint density at radius 1 is 1.42 bits per heavy atom. The lowest BCUT2D eigenvalue weighted by Gasteiger charge is -2.49. The summed E-state index contributed by atoms with van der Waals surface area (Å²) in [5.74, 6) is -0.451. The zero-order valence-corrected chi connectivity index (χ0v) is 16.1. The molecule has 0 radical (unpaired) electrons. The van der Waals surface area contributed by atoms with Gasteiger partial charge >= 0.3 is 5.97 Å². The van der Waals surface area contributed by atoms with Gasteiger partial charge in [0.05, 0.1) is 11.8 Å². The molecular weight excluding hydrogens is 372 g/mol. The Hall–Kier alpha value is -1.58. The third-order valence-corrected chi connectivity index (χ3v) is 7.07. The number of amides is 1. The SMILES string of the molecule is CCCCCNC1C(=O)N2C=C(C(=O)O)C(CSc3cnccn3)S[C@H]12. The van der Waals surface area contributed by atoms with Gasteiger partial charge in [-0.2, -0.15) is 0 Å². The van der Waals surface area contributed by atoms with Crippen molar-refractivity contribution in [1.82, 2.24) is 20.2 Å². The van der Waals surface area contributed by atoms with E-state index < -0.39 is 5.97 Å². The quantitative estimate of drug-likeness (QED) is 0.373. The number of aromatic nitrogens is 2. The number of aliphatic carboxylic acids is 1. The average molecular weight is 395 g/mol. The number of carboxylic acids is 1. The van der Waals surface area contributed by atoms with Gasteiger partial charge < -0.3 is 15.3 Å². The fourth-order valence-electron chi connectivity index (χ4n) is 2.91. The van der Waals surface area contributed by atoms with Crippen molar-refractivity contribution >= 4 is 35.4 Å². The topological polar surface area (TPSA) is 95.4 Å². The van der Waals surface area contributed by atoms with Crippen LogP contribution < -0.4 is 5.32 Å². The molecule has 2 aliphatic rings. The molecule has 1 aromatic rings. The Morgan fingerprint density at radius 3 is 2.96 bits per heavy atom. The normalized spacial score (nSPS) is 24.7. The van der Waals surface area contributed by atoms with Gasteiger partial charge in [-0.15, -0.1) is 23.5 Å². The van der Waals surface area contributed by atoms with Crippen LogP contribution in [0.25, 0.3) is 0 Å². The van der Waals surface area contributed by atoms with Crippen molar-refractivity contribution in [2.75, 3.05) is 12.3 Å². The Bertz CT molecular complexity index is 686. The number of nitrogens with one attached hydrogen (secondary N) is 1. The van der Waals surface area contributed by atoms with Gasteiger partial charge in [0, 0.05) is 29.6 Å². The maximum atomic E-state index is 12.3. The molecule has 26 heavy (non-hydrogen) atoms. The van der Waals surface area contributed by atoms with Crippen LogP contribution in [0.3, 0.4) is 0 Å². The molecule has 0 bridgehead atoms. The first-order valence-corrected chi connectivity index (χ1v) is 10.6. The number of thioether (sulfide) groups is 2. The van der Waals surface area contributed by atoms with Gasteiger partial charge in [-0.05, 0) is 13.0 Å². The van der Waals surface area contributed by atoms with Crippen LogP contribution in [0.2, 0.25) is 0 Å². The van der Waals surface area contributed by atoms with E-state index in [2.05, 4.69) is 22.2 Å². The molecule has 0 saturated carbocycles. The van der Waals surface area contributed by atoms with E-state index in [4.69, 9.17) is 0 Å². The molecule has 3 rings (SSSR count). The Labute approximate surface area is 161 Å². The van der Waals surface area contributed by atoms with Crippen LogP contribution >= 0.6 is 23.5 Å². The van der Waals surface area contributed by atoms with Crippen LogP contribution in [0.1, 0.15) is 26.2 Å². The Morgan fingerprint density at radius 2 is 2.27 bits per heavy atom. The number of β-lactam (4-membered cyclic amide) rings is 1. The first kappa shape index (κ1) is 19.2. The van der Waals surface area contributed by atoms with Crippen LogP contribution in [0.5, 0.6) is 0 Å². The van der Waals surface area contributed by atoms with Crippen molar-refractivity contribution in [3.8, 4) is 0 Å². The summed E-state index contributed by atoms with van der Waals surface area (Å²) < 4.78 is 0. The highest BCUT2D eigenvalue weighted by Gasteiger charge is 2.51. The van der Waals surface area contributed by atoms with Crippen LogP contribution in [0, 0.1) is 0 Å². The number of rotatable bonds is 9. The van der Waals surface area contributed by atoms with Crippen molar-refractivity contribution in [3.05, 3.63) is 30.4 Å². The molecule has 3 heterocycles. The van der Waals surface area contributed by atoms with E-state index in [1.807, 2.05) is 0 Å². The number of carbonyl (C=O) groups is 2. The summed E-state index contributed by atoms with van der Waals surface area (Å²) in [5, 5.41) is 13.4. The smallest absolute Gasteiger partial charge is 0.334 e. The number of hydrogen-bond donors (Lipinski definition) is 2. The maximum Gasteiger partial charge on any atom is 0.334 e. The first-order chi connectivity index (χ1) is 12.6. The predicted octanol–water partition coefficient (Wildman–Crippen LogP) is 1.97. The van der Waals surface area contributed by atoms with Gasteiger partial charge in [0.2, 0.25) is 5.91 Å². The molecule has 0 aliphatic carbocycles. The lowest BCUT2D eigenvalue weighted by Crippen LogP contribution is -2.68. The van der Waals surface area contributed by atoms with Gasteiger partial charge in [-0.3, -0.25) is 9.78 Å². The van der Waals surface area contributed by atoms with E-state index in [-0.39, 0.29) is 28.1 Å². The Balaban J connectivity index is 1.64. The second kappa shape index (κ2) is 8.88. The van der Waals surface area contributed by atoms with E-state index in [9.17, 15) is 14.7 Å². The highest BCUT2D eigenvalue weighted by Crippen LogP contribution is 2.42. The molecule has 2 aliphatic heterocycles. The second-order valence-electron chi connectivity index (χ2n) is 6.14. The number of nitrogens with zero attached hydrogens (tertiary/aromatic N) is 3. The lowest BCUT2D eigenvalue weighted by atomic mass is 10.1. The molecule has 7 nitrogen and oxygen atoms in total. The van der Waals surface area contributed by atoms with E-state index in [0.29, 0.717) is 5.75 Å². The number of carboxylic acid groups (broad SMARTS) is 1. The summed E-state index contributed by atoms with van der Waals surface area (Å²) in [4.78, 5) is 33.7. The summed E-state index contributed by atoms with van der Waals surface area (Å²) in [5.41, 5.74) is 0.264. The van der Waals surface area contributed by atoms with Crippen LogP contribution in [-0.2, 0) is 9.59 Å². The molecule has 1 amide bonds. The van der Waals surface area contributed by atoms with Gasteiger partial charge in [0.25, 0.3) is 0 Å². The molecular formula is C17H22N4O3S2. The lowest BCUT2D eigenvalue weighted by molar-refractivity contribution is -0.142. The summed E-state index contributed by atoms with van der Waals surface area (Å²) in [7, 11) is 0. The fourth-order valence-corrected chi connectivity index (χ4v) is 5.51. The molecule has 3 atom stereocenters. The predicted molar refractivity (Wildman–Crippen MR) is 102 cm³/mol. The highest BCUT2D eigenvalue weighted by molar-refractivity contribution is 8.04. The minimum atomic E-state index is -0.979. The van der Waals surface area contributed by atoms with Crippen LogP contribution in [-0.4, -0.2) is 60.8 Å². The van der Waals surface area contributed by atoms with E-state index in [1.165, 1.54) is 29.7 Å². The zero-order valence-electron chi connectivity index (χ0n) is 14.5. The highest BCUT2D eigenvalue weighted by atomic mass is 32.2. The minimum absolute atomic E-state index is 0.0420. The molecule has 1 aromatic heterocycles. The van der Waals surface area contributed by atoms with Crippen molar-refractivity contribution in [2.24, 2.45) is 0 Å². The van der Waals surface area contributed by atoms with Crippen molar-refractivity contribution < 1.29 is 14.7 Å². The summed E-state index contributed by atoms with van der Waals surface area (Å²) >= 11 is 3.02. The van der Waals surface area contributed by atoms with Crippen molar-refractivity contribution in [3.63, 3.8) is 0 Å². The molecule has 1 fully saturated rings. The zero-order chi connectivity index (χ0) is 18.5. The third kappa shape index (κ3) is 4.21. The number of carbonyl (C=O) groups excluding carboxylic acids is 1. The van der Waals surface area contributed by atoms with Crippen molar-refractivity contribution in [2.45, 2.75) is 47.9 Å². The van der Waals surface area contributed by atoms with Gasteiger partial charge in [-0.25, -0.2) is 9.78 Å². The summed E-state index contributed by atoms with van der Waals surface area (Å²) in [6.07, 6.45) is 9.71. The summed E-state index contributed by atoms with van der Waals surface area (Å²) in [6, 6.07) is -0.229. The fraction of sp³-hybridized carbons (Fsp3) is 0.529. The number of hydrogen-bond acceptors (Lipinski definition) is 7. The molecule has 2 unspecified atom stereocenters. The van der Waals surface area contributed by atoms with E-state index >= 15 is 0 Å². The molecule has 0 aromatic carbocycles. The largest absolute Gasteiger partial charge is 0.478 e. The van der Waals surface area contributed by atoms with Gasteiger partial charge in [0.1, 0.15) is 16.4 Å². The maximum absolute atomic E-state index is 12.3. The molecule has 9 heteroatoms. The van der Waals surface area contributed by atoms with E-state index in [0.717, 1.165) is 30.8 Å². The van der Waals surface area contributed by atoms with Crippen LogP contribution in [0.15, 0.2) is 35.4 Å². The standard InChI is InChI=1S/C17H22N4O3S2/c1-2-3-4-5-20-14-15(22)21-9-11(17(23)24)12(26-16(14)21)10-25-13-8-18-6-7-19-13/h6-9,12,14,16,20H,2-5,10H2,1H3,(H,23,24)/t12?,14?,16-/m1/s1. The van der Waals surface area contributed by atoms with Crippen LogP contribution in [0.4, 0.5) is 0 Å². The molecule has 2 N–H and O–H groups in total. The Kier molecular flexibility index (Phi) is 6.55. The summed E-state index contributed by atoms with van der Waals surface area (Å²) in [6.45, 7) is 2.95. The average Bonchev–Trinajstić information content (AvgIpc) is 2.66. The second-order valence-corrected chi connectivity index (χ2v) is 8.51. The van der Waals surface area contributed by atoms with Gasteiger partial charge in [0.15, 0.2) is 0 Å². The number of unbranched alkanes of at least 4 members (excludes halogenated alkanes) is 2. The van der Waals surface area contributed by atoms with E-state index in [1.54, 1.807) is 23.5 Å². The molecule has 0 spiro atoms. The third-order valence-electron chi connectivity index (χ3n) is 4.32.